The lowest BCUT2D eigenvalue weighted by Crippen LogP contribution is -2.30. The molecular formula is C16H17NO3. The third-order valence-electron chi connectivity index (χ3n) is 3.81. The van der Waals surface area contributed by atoms with Crippen molar-refractivity contribution in [3.05, 3.63) is 35.9 Å². The molecule has 1 heterocycles. The van der Waals surface area contributed by atoms with Gasteiger partial charge in [-0.05, 0) is 50.5 Å². The van der Waals surface area contributed by atoms with Crippen LogP contribution in [-0.2, 0) is 9.59 Å². The minimum absolute atomic E-state index is 0.0925. The van der Waals surface area contributed by atoms with Gasteiger partial charge in [-0.25, -0.2) is 4.90 Å². The highest BCUT2D eigenvalue weighted by atomic mass is 16.5. The van der Waals surface area contributed by atoms with Crippen LogP contribution in [0.1, 0.15) is 26.2 Å². The minimum Gasteiger partial charge on any atom is -0.494 e. The fourth-order valence-electron chi connectivity index (χ4n) is 2.86. The molecule has 0 N–H and O–H groups in total. The average Bonchev–Trinajstić information content (AvgIpc) is 2.73. The zero-order valence-corrected chi connectivity index (χ0v) is 11.5. The third-order valence-corrected chi connectivity index (χ3v) is 3.81. The van der Waals surface area contributed by atoms with Crippen molar-refractivity contribution < 1.29 is 14.3 Å². The Hall–Kier alpha value is -2.10. The number of amides is 2. The predicted octanol–water partition coefficient (Wildman–Crippen LogP) is 2.69. The smallest absolute Gasteiger partial charge is 0.261 e. The van der Waals surface area contributed by atoms with Crippen molar-refractivity contribution >= 4 is 17.5 Å². The molecule has 1 saturated heterocycles. The standard InChI is InChI=1S/C16H17NO3/c1-2-20-12-9-7-11(8-10-12)17-15(18)13-5-3-4-6-14(13)16(17)19/h5,7-10,14H,2-4,6H2,1H3. The summed E-state index contributed by atoms with van der Waals surface area (Å²) in [5.74, 6) is 0.253. The van der Waals surface area contributed by atoms with E-state index in [9.17, 15) is 9.59 Å². The summed E-state index contributed by atoms with van der Waals surface area (Å²) in [6, 6.07) is 7.10. The molecule has 2 amide bonds. The van der Waals surface area contributed by atoms with Gasteiger partial charge in [-0.15, -0.1) is 0 Å². The summed E-state index contributed by atoms with van der Waals surface area (Å²) in [5, 5.41) is 0. The zero-order chi connectivity index (χ0) is 14.1. The van der Waals surface area contributed by atoms with Gasteiger partial charge in [-0.2, -0.15) is 0 Å². The molecular weight excluding hydrogens is 254 g/mol. The van der Waals surface area contributed by atoms with Gasteiger partial charge in [-0.3, -0.25) is 9.59 Å². The maximum atomic E-state index is 12.4. The molecule has 4 heteroatoms. The molecule has 2 aliphatic rings. The van der Waals surface area contributed by atoms with Gasteiger partial charge in [0.1, 0.15) is 5.75 Å². The largest absolute Gasteiger partial charge is 0.494 e. The van der Waals surface area contributed by atoms with E-state index in [0.29, 0.717) is 17.9 Å². The quantitative estimate of drug-likeness (QED) is 0.794. The van der Waals surface area contributed by atoms with E-state index in [2.05, 4.69) is 0 Å². The van der Waals surface area contributed by atoms with Gasteiger partial charge in [0.15, 0.2) is 0 Å². The lowest BCUT2D eigenvalue weighted by atomic mass is 9.90. The van der Waals surface area contributed by atoms with Gasteiger partial charge in [0.25, 0.3) is 5.91 Å². The number of hydrogen-bond acceptors (Lipinski definition) is 3. The summed E-state index contributed by atoms with van der Waals surface area (Å²) in [4.78, 5) is 26.1. The van der Waals surface area contributed by atoms with Gasteiger partial charge >= 0.3 is 0 Å². The first-order valence-corrected chi connectivity index (χ1v) is 7.03. The van der Waals surface area contributed by atoms with E-state index < -0.39 is 0 Å². The van der Waals surface area contributed by atoms with Gasteiger partial charge in [0.2, 0.25) is 5.91 Å². The van der Waals surface area contributed by atoms with Crippen LogP contribution in [0.3, 0.4) is 0 Å². The highest BCUT2D eigenvalue weighted by molar-refractivity contribution is 6.29. The monoisotopic (exact) mass is 271 g/mol. The highest BCUT2D eigenvalue weighted by Gasteiger charge is 2.44. The molecule has 1 aliphatic carbocycles. The molecule has 1 unspecified atom stereocenters. The lowest BCUT2D eigenvalue weighted by Gasteiger charge is -2.15. The first-order chi connectivity index (χ1) is 9.72. The summed E-state index contributed by atoms with van der Waals surface area (Å²) in [6.45, 7) is 2.51. The number of hydrogen-bond donors (Lipinski definition) is 0. The second-order valence-electron chi connectivity index (χ2n) is 5.05. The summed E-state index contributed by atoms with van der Waals surface area (Å²) in [6.07, 6.45) is 4.57. The number of allylic oxidation sites excluding steroid dienone is 1. The molecule has 1 aliphatic heterocycles. The predicted molar refractivity (Wildman–Crippen MR) is 75.5 cm³/mol. The topological polar surface area (TPSA) is 46.6 Å². The number of imide groups is 1. The molecule has 4 nitrogen and oxygen atoms in total. The van der Waals surface area contributed by atoms with E-state index in [0.717, 1.165) is 25.0 Å². The van der Waals surface area contributed by atoms with E-state index in [4.69, 9.17) is 4.74 Å². The van der Waals surface area contributed by atoms with Crippen molar-refractivity contribution in [3.8, 4) is 5.75 Å². The molecule has 1 aromatic rings. The van der Waals surface area contributed by atoms with Crippen LogP contribution in [0.4, 0.5) is 5.69 Å². The van der Waals surface area contributed by atoms with Crippen LogP contribution in [0.25, 0.3) is 0 Å². The second kappa shape index (κ2) is 5.12. The molecule has 104 valence electrons. The summed E-state index contributed by atoms with van der Waals surface area (Å²) in [7, 11) is 0. The molecule has 1 aromatic carbocycles. The van der Waals surface area contributed by atoms with E-state index in [-0.39, 0.29) is 17.7 Å². The maximum Gasteiger partial charge on any atom is 0.261 e. The molecule has 0 saturated carbocycles. The number of nitrogens with zero attached hydrogens (tertiary/aromatic N) is 1. The van der Waals surface area contributed by atoms with Crippen LogP contribution < -0.4 is 9.64 Å². The van der Waals surface area contributed by atoms with Gasteiger partial charge in [-0.1, -0.05) is 6.08 Å². The van der Waals surface area contributed by atoms with Crippen LogP contribution >= 0.6 is 0 Å². The molecule has 20 heavy (non-hydrogen) atoms. The number of fused-ring (bicyclic) bond motifs is 1. The number of rotatable bonds is 3. The summed E-state index contributed by atoms with van der Waals surface area (Å²) >= 11 is 0. The molecule has 0 radical (unpaired) electrons. The van der Waals surface area contributed by atoms with E-state index in [1.165, 1.54) is 4.90 Å². The maximum absolute atomic E-state index is 12.4. The Kier molecular flexibility index (Phi) is 3.30. The Morgan fingerprint density at radius 3 is 2.65 bits per heavy atom. The zero-order valence-electron chi connectivity index (χ0n) is 11.5. The summed E-state index contributed by atoms with van der Waals surface area (Å²) in [5.41, 5.74) is 1.30. The molecule has 0 bridgehead atoms. The normalized spacial score (nSPS) is 21.8. The van der Waals surface area contributed by atoms with Crippen molar-refractivity contribution in [3.63, 3.8) is 0 Å². The van der Waals surface area contributed by atoms with Gasteiger partial charge < -0.3 is 4.74 Å². The Bertz CT molecular complexity index is 574. The first-order valence-electron chi connectivity index (χ1n) is 7.03. The van der Waals surface area contributed by atoms with Crippen LogP contribution in [0, 0.1) is 5.92 Å². The van der Waals surface area contributed by atoms with Crippen molar-refractivity contribution in [1.29, 1.82) is 0 Å². The van der Waals surface area contributed by atoms with Crippen LogP contribution in [0.2, 0.25) is 0 Å². The fraction of sp³-hybridized carbons (Fsp3) is 0.375. The Morgan fingerprint density at radius 2 is 2.00 bits per heavy atom. The molecule has 3 rings (SSSR count). The van der Waals surface area contributed by atoms with Crippen molar-refractivity contribution in [2.45, 2.75) is 26.2 Å². The van der Waals surface area contributed by atoms with Crippen LogP contribution in [0.5, 0.6) is 5.75 Å². The molecule has 0 aromatic heterocycles. The van der Waals surface area contributed by atoms with E-state index in [1.807, 2.05) is 13.0 Å². The van der Waals surface area contributed by atoms with Crippen molar-refractivity contribution in [2.75, 3.05) is 11.5 Å². The SMILES string of the molecule is CCOc1ccc(N2C(=O)C3=CCCCC3C2=O)cc1. The Morgan fingerprint density at radius 1 is 1.25 bits per heavy atom. The number of benzene rings is 1. The Balaban J connectivity index is 1.90. The number of anilines is 1. The first kappa shape index (κ1) is 12.9. The number of carbonyl (C=O) groups is 2. The van der Waals surface area contributed by atoms with Crippen molar-refractivity contribution in [2.24, 2.45) is 5.92 Å². The second-order valence-corrected chi connectivity index (χ2v) is 5.05. The molecule has 1 fully saturated rings. The average molecular weight is 271 g/mol. The number of ether oxygens (including phenoxy) is 1. The highest BCUT2D eigenvalue weighted by Crippen LogP contribution is 2.36. The molecule has 1 atom stereocenters. The van der Waals surface area contributed by atoms with Crippen LogP contribution in [0.15, 0.2) is 35.9 Å². The van der Waals surface area contributed by atoms with Gasteiger partial charge in [0.05, 0.1) is 18.2 Å². The molecule has 0 spiro atoms. The number of carbonyl (C=O) groups excluding carboxylic acids is 2. The van der Waals surface area contributed by atoms with Gasteiger partial charge in [0, 0.05) is 5.57 Å². The van der Waals surface area contributed by atoms with Crippen LogP contribution in [-0.4, -0.2) is 18.4 Å². The van der Waals surface area contributed by atoms with E-state index in [1.54, 1.807) is 24.3 Å². The lowest BCUT2D eigenvalue weighted by molar-refractivity contribution is -0.122. The fourth-order valence-corrected chi connectivity index (χ4v) is 2.86. The summed E-state index contributed by atoms with van der Waals surface area (Å²) < 4.78 is 5.37. The minimum atomic E-state index is -0.234. The Labute approximate surface area is 118 Å². The van der Waals surface area contributed by atoms with Crippen molar-refractivity contribution in [1.82, 2.24) is 0 Å². The van der Waals surface area contributed by atoms with E-state index >= 15 is 0 Å². The third kappa shape index (κ3) is 2.01.